The highest BCUT2D eigenvalue weighted by atomic mass is 35.5. The first-order chi connectivity index (χ1) is 8.18. The van der Waals surface area contributed by atoms with Gasteiger partial charge in [0.25, 0.3) is 0 Å². The van der Waals surface area contributed by atoms with Gasteiger partial charge in [-0.25, -0.2) is 0 Å². The Hall–Kier alpha value is -1.47. The Morgan fingerprint density at radius 2 is 1.82 bits per heavy atom. The zero-order valence-electron chi connectivity index (χ0n) is 10.1. The van der Waals surface area contributed by atoms with Gasteiger partial charge < -0.3 is 4.90 Å². The summed E-state index contributed by atoms with van der Waals surface area (Å²) in [7, 11) is 4.06. The summed E-state index contributed by atoms with van der Waals surface area (Å²) in [5, 5.41) is 0.708. The fourth-order valence-corrected chi connectivity index (χ4v) is 2.11. The third kappa shape index (κ3) is 2.80. The third-order valence-corrected chi connectivity index (χ3v) is 3.07. The Morgan fingerprint density at radius 1 is 1.12 bits per heavy atom. The fourth-order valence-electron chi connectivity index (χ4n) is 1.88. The van der Waals surface area contributed by atoms with Crippen LogP contribution in [0.5, 0.6) is 0 Å². The Bertz CT molecular complexity index is 492. The maximum absolute atomic E-state index is 6.24. The van der Waals surface area contributed by atoms with Gasteiger partial charge in [0.1, 0.15) is 0 Å². The van der Waals surface area contributed by atoms with Crippen molar-refractivity contribution in [1.29, 1.82) is 0 Å². The molecule has 17 heavy (non-hydrogen) atoms. The quantitative estimate of drug-likeness (QED) is 0.794. The van der Waals surface area contributed by atoms with Gasteiger partial charge in [-0.05, 0) is 17.2 Å². The number of halogens is 1. The molecule has 2 rings (SSSR count). The van der Waals surface area contributed by atoms with Crippen LogP contribution < -0.4 is 4.90 Å². The smallest absolute Gasteiger partial charge is 0.0540 e. The average molecular weight is 245 g/mol. The van der Waals surface area contributed by atoms with Crippen molar-refractivity contribution >= 4 is 17.3 Å². The third-order valence-electron chi connectivity index (χ3n) is 2.73. The molecule has 0 saturated heterocycles. The van der Waals surface area contributed by atoms with Gasteiger partial charge in [-0.3, -0.25) is 0 Å². The monoisotopic (exact) mass is 244 g/mol. The number of benzene rings is 2. The molecule has 0 heterocycles. The molecule has 0 aliphatic heterocycles. The van der Waals surface area contributed by atoms with E-state index in [9.17, 15) is 0 Å². The molecule has 87 valence electrons. The van der Waals surface area contributed by atoms with Crippen LogP contribution in [-0.4, -0.2) is 14.1 Å². The number of hydrogen-bond donors (Lipinski definition) is 0. The second kappa shape index (κ2) is 5.24. The van der Waals surface area contributed by atoms with Crippen molar-refractivity contribution in [2.45, 2.75) is 6.42 Å². The predicted molar refractivity (Wildman–Crippen MR) is 73.9 cm³/mol. The van der Waals surface area contributed by atoms with E-state index in [1.807, 2.05) is 44.4 Å². The SMILES string of the molecule is CN(C)c1cc[c]c(Cl)c1Cc1ccccc1. The number of anilines is 1. The summed E-state index contributed by atoms with van der Waals surface area (Å²) < 4.78 is 0. The standard InChI is InChI=1S/C15H15ClN/c1-17(2)15-10-6-9-14(16)13(15)11-12-7-4-3-5-8-12/h3-8,10H,11H2,1-2H3. The molecule has 0 fully saturated rings. The highest BCUT2D eigenvalue weighted by Crippen LogP contribution is 2.28. The van der Waals surface area contributed by atoms with E-state index in [1.54, 1.807) is 0 Å². The molecule has 0 amide bonds. The molecule has 0 aliphatic carbocycles. The molecule has 0 spiro atoms. The minimum Gasteiger partial charge on any atom is -0.377 e. The van der Waals surface area contributed by atoms with Crippen LogP contribution in [0.2, 0.25) is 5.02 Å². The van der Waals surface area contributed by atoms with Crippen LogP contribution in [0.1, 0.15) is 11.1 Å². The van der Waals surface area contributed by atoms with Crippen LogP contribution in [0.3, 0.4) is 0 Å². The van der Waals surface area contributed by atoms with Crippen LogP contribution in [0.15, 0.2) is 42.5 Å². The molecule has 1 radical (unpaired) electrons. The molecular weight excluding hydrogens is 230 g/mol. The van der Waals surface area contributed by atoms with Gasteiger partial charge in [0.15, 0.2) is 0 Å². The van der Waals surface area contributed by atoms with Crippen molar-refractivity contribution in [3.05, 3.63) is 64.7 Å². The second-order valence-corrected chi connectivity index (χ2v) is 4.59. The summed E-state index contributed by atoms with van der Waals surface area (Å²) in [6.45, 7) is 0. The lowest BCUT2D eigenvalue weighted by atomic mass is 10.0. The van der Waals surface area contributed by atoms with E-state index >= 15 is 0 Å². The van der Waals surface area contributed by atoms with E-state index in [4.69, 9.17) is 11.6 Å². The lowest BCUT2D eigenvalue weighted by Crippen LogP contribution is -2.11. The van der Waals surface area contributed by atoms with Crippen molar-refractivity contribution in [3.8, 4) is 0 Å². The molecule has 2 aromatic rings. The van der Waals surface area contributed by atoms with Gasteiger partial charge in [-0.2, -0.15) is 0 Å². The van der Waals surface area contributed by atoms with Crippen molar-refractivity contribution in [1.82, 2.24) is 0 Å². The summed E-state index contributed by atoms with van der Waals surface area (Å²) in [4.78, 5) is 2.08. The lowest BCUT2D eigenvalue weighted by molar-refractivity contribution is 1.08. The highest BCUT2D eigenvalue weighted by Gasteiger charge is 2.09. The Balaban J connectivity index is 2.38. The van der Waals surface area contributed by atoms with Crippen LogP contribution in [0, 0.1) is 6.07 Å². The maximum atomic E-state index is 6.24. The molecule has 2 heteroatoms. The summed E-state index contributed by atoms with van der Waals surface area (Å²) in [6.07, 6.45) is 0.838. The second-order valence-electron chi connectivity index (χ2n) is 4.21. The molecular formula is C15H15ClN. The van der Waals surface area contributed by atoms with Crippen molar-refractivity contribution < 1.29 is 0 Å². The van der Waals surface area contributed by atoms with Crippen molar-refractivity contribution in [3.63, 3.8) is 0 Å². The number of rotatable bonds is 3. The Morgan fingerprint density at radius 3 is 2.47 bits per heavy atom. The van der Waals surface area contributed by atoms with E-state index in [0.717, 1.165) is 17.7 Å². The van der Waals surface area contributed by atoms with Gasteiger partial charge in [0.2, 0.25) is 0 Å². The van der Waals surface area contributed by atoms with E-state index in [2.05, 4.69) is 23.1 Å². The molecule has 0 N–H and O–H groups in total. The lowest BCUT2D eigenvalue weighted by Gasteiger charge is -2.18. The summed E-state index contributed by atoms with van der Waals surface area (Å²) in [6, 6.07) is 17.3. The van der Waals surface area contributed by atoms with Gasteiger partial charge in [-0.15, -0.1) is 0 Å². The van der Waals surface area contributed by atoms with Gasteiger partial charge in [0, 0.05) is 32.3 Å². The number of hydrogen-bond acceptors (Lipinski definition) is 1. The summed E-state index contributed by atoms with van der Waals surface area (Å²) in [5.41, 5.74) is 3.54. The largest absolute Gasteiger partial charge is 0.377 e. The molecule has 1 nitrogen and oxygen atoms in total. The minimum atomic E-state index is 0.708. The molecule has 0 atom stereocenters. The molecule has 0 bridgehead atoms. The van der Waals surface area contributed by atoms with Crippen LogP contribution >= 0.6 is 11.6 Å². The Kier molecular flexibility index (Phi) is 3.70. The molecule has 0 unspecified atom stereocenters. The number of nitrogens with zero attached hydrogens (tertiary/aromatic N) is 1. The van der Waals surface area contributed by atoms with Gasteiger partial charge in [-0.1, -0.05) is 48.0 Å². The first kappa shape index (κ1) is 12.0. The van der Waals surface area contributed by atoms with Crippen LogP contribution in [-0.2, 0) is 6.42 Å². The van der Waals surface area contributed by atoms with Crippen molar-refractivity contribution in [2.24, 2.45) is 0 Å². The summed E-state index contributed by atoms with van der Waals surface area (Å²) >= 11 is 6.24. The van der Waals surface area contributed by atoms with Crippen molar-refractivity contribution in [2.75, 3.05) is 19.0 Å². The van der Waals surface area contributed by atoms with E-state index < -0.39 is 0 Å². The highest BCUT2D eigenvalue weighted by molar-refractivity contribution is 6.31. The van der Waals surface area contributed by atoms with E-state index in [1.165, 1.54) is 5.56 Å². The van der Waals surface area contributed by atoms with Crippen LogP contribution in [0.25, 0.3) is 0 Å². The average Bonchev–Trinajstić information content (AvgIpc) is 2.33. The maximum Gasteiger partial charge on any atom is 0.0540 e. The molecule has 0 aromatic heterocycles. The first-order valence-electron chi connectivity index (χ1n) is 5.59. The zero-order valence-corrected chi connectivity index (χ0v) is 10.8. The van der Waals surface area contributed by atoms with Gasteiger partial charge in [0.05, 0.1) is 5.02 Å². The first-order valence-corrected chi connectivity index (χ1v) is 5.96. The molecule has 2 aromatic carbocycles. The summed E-state index contributed by atoms with van der Waals surface area (Å²) in [5.74, 6) is 0. The predicted octanol–water partition coefficient (Wildman–Crippen LogP) is 3.80. The minimum absolute atomic E-state index is 0.708. The van der Waals surface area contributed by atoms with E-state index in [-0.39, 0.29) is 0 Å². The molecule has 0 aliphatic rings. The molecule has 0 saturated carbocycles. The normalized spacial score (nSPS) is 10.3. The topological polar surface area (TPSA) is 3.24 Å². The fraction of sp³-hybridized carbons (Fsp3) is 0.200. The Labute approximate surface area is 108 Å². The van der Waals surface area contributed by atoms with Crippen LogP contribution in [0.4, 0.5) is 5.69 Å². The van der Waals surface area contributed by atoms with E-state index in [0.29, 0.717) is 5.02 Å². The zero-order chi connectivity index (χ0) is 12.3. The van der Waals surface area contributed by atoms with Gasteiger partial charge >= 0.3 is 0 Å².